The van der Waals surface area contributed by atoms with Crippen LogP contribution in [0, 0.1) is 0 Å². The number of pyridine rings is 1. The Morgan fingerprint density at radius 3 is 2.77 bits per heavy atom. The topological polar surface area (TPSA) is 54.3 Å². The first kappa shape index (κ1) is 18.9. The van der Waals surface area contributed by atoms with Gasteiger partial charge in [0.15, 0.2) is 5.82 Å². The largest absolute Gasteiger partial charge is 0.329 e. The molecule has 3 aliphatic rings. The smallest absolute Gasteiger partial charge is 0.268 e. The average molecular weight is 420 g/mol. The van der Waals surface area contributed by atoms with Crippen molar-refractivity contribution >= 4 is 23.3 Å². The SMILES string of the molecule is CN1C2=C(C=C(Cl)CC2)N(C2=CCCC=C2)C(=O)c2cn(Cc3ccncc3)nc21. The highest BCUT2D eigenvalue weighted by molar-refractivity contribution is 6.30. The minimum Gasteiger partial charge on any atom is -0.329 e. The molecule has 1 amide bonds. The molecule has 152 valence electrons. The predicted molar refractivity (Wildman–Crippen MR) is 117 cm³/mol. The van der Waals surface area contributed by atoms with E-state index in [2.05, 4.69) is 17.1 Å². The van der Waals surface area contributed by atoms with Gasteiger partial charge in [0.25, 0.3) is 5.91 Å². The number of carbonyl (C=O) groups is 1. The number of hydrogen-bond donors (Lipinski definition) is 0. The van der Waals surface area contributed by atoms with Crippen molar-refractivity contribution in [1.29, 1.82) is 0 Å². The van der Waals surface area contributed by atoms with E-state index in [0.29, 0.717) is 17.9 Å². The Morgan fingerprint density at radius 1 is 1.17 bits per heavy atom. The van der Waals surface area contributed by atoms with Gasteiger partial charge < -0.3 is 4.90 Å². The predicted octanol–water partition coefficient (Wildman–Crippen LogP) is 4.58. The maximum atomic E-state index is 13.8. The van der Waals surface area contributed by atoms with E-state index in [4.69, 9.17) is 16.7 Å². The number of amides is 1. The highest BCUT2D eigenvalue weighted by atomic mass is 35.5. The molecule has 0 spiro atoms. The number of halogens is 1. The number of allylic oxidation sites excluding steroid dienone is 6. The Kier molecular flexibility index (Phi) is 4.79. The molecule has 1 aliphatic heterocycles. The maximum absolute atomic E-state index is 13.8. The van der Waals surface area contributed by atoms with Crippen LogP contribution in [0.15, 0.2) is 77.2 Å². The molecule has 7 heteroatoms. The molecule has 5 rings (SSSR count). The summed E-state index contributed by atoms with van der Waals surface area (Å²) in [7, 11) is 1.98. The van der Waals surface area contributed by atoms with Crippen LogP contribution in [0.3, 0.4) is 0 Å². The fraction of sp³-hybridized carbons (Fsp3) is 0.261. The van der Waals surface area contributed by atoms with Crippen molar-refractivity contribution in [3.63, 3.8) is 0 Å². The third kappa shape index (κ3) is 3.27. The van der Waals surface area contributed by atoms with Gasteiger partial charge in [-0.25, -0.2) is 0 Å². The van der Waals surface area contributed by atoms with Crippen molar-refractivity contribution in [3.8, 4) is 0 Å². The second-order valence-electron chi connectivity index (χ2n) is 7.65. The lowest BCUT2D eigenvalue weighted by Gasteiger charge is -2.30. The molecule has 0 N–H and O–H groups in total. The van der Waals surface area contributed by atoms with Crippen LogP contribution < -0.4 is 4.90 Å². The van der Waals surface area contributed by atoms with Gasteiger partial charge in [0.1, 0.15) is 5.56 Å². The van der Waals surface area contributed by atoms with E-state index >= 15 is 0 Å². The standard InChI is InChI=1S/C23H22ClN5O/c1-27-20-8-7-17(24)13-21(20)29(18-5-3-2-4-6-18)23(30)19-15-28(26-22(19)27)14-16-9-11-25-12-10-16/h3,5-6,9-13,15H,2,4,7-8,14H2,1H3. The fourth-order valence-electron chi connectivity index (χ4n) is 4.15. The molecule has 0 atom stereocenters. The molecule has 3 heterocycles. The first-order valence-corrected chi connectivity index (χ1v) is 10.5. The minimum atomic E-state index is -0.0803. The summed E-state index contributed by atoms with van der Waals surface area (Å²) in [5, 5.41) is 5.54. The second-order valence-corrected chi connectivity index (χ2v) is 8.14. The number of carbonyl (C=O) groups excluding carboxylic acids is 1. The van der Waals surface area contributed by atoms with Gasteiger partial charge in [-0.2, -0.15) is 5.10 Å². The van der Waals surface area contributed by atoms with Crippen molar-refractivity contribution in [1.82, 2.24) is 19.7 Å². The lowest BCUT2D eigenvalue weighted by molar-refractivity contribution is 0.0852. The molecule has 2 aromatic heterocycles. The molecule has 2 aliphatic carbocycles. The summed E-state index contributed by atoms with van der Waals surface area (Å²) in [5.74, 6) is 0.596. The number of rotatable bonds is 3. The summed E-state index contributed by atoms with van der Waals surface area (Å²) in [6, 6.07) is 3.91. The van der Waals surface area contributed by atoms with E-state index in [9.17, 15) is 4.79 Å². The van der Waals surface area contributed by atoms with Gasteiger partial charge in [-0.1, -0.05) is 23.8 Å². The van der Waals surface area contributed by atoms with E-state index < -0.39 is 0 Å². The van der Waals surface area contributed by atoms with Crippen molar-refractivity contribution in [2.45, 2.75) is 32.2 Å². The lowest BCUT2D eigenvalue weighted by atomic mass is 10.0. The van der Waals surface area contributed by atoms with Crippen LogP contribution in [0.25, 0.3) is 0 Å². The number of hydrogen-bond acceptors (Lipinski definition) is 4. The lowest BCUT2D eigenvalue weighted by Crippen LogP contribution is -2.30. The van der Waals surface area contributed by atoms with E-state index in [-0.39, 0.29) is 5.91 Å². The molecule has 0 radical (unpaired) electrons. The highest BCUT2D eigenvalue weighted by Crippen LogP contribution is 2.39. The first-order valence-electron chi connectivity index (χ1n) is 10.1. The quantitative estimate of drug-likeness (QED) is 0.730. The Hall–Kier alpha value is -3.12. The van der Waals surface area contributed by atoms with Gasteiger partial charge in [0.2, 0.25) is 0 Å². The molecule has 2 aromatic rings. The zero-order valence-electron chi connectivity index (χ0n) is 16.8. The molecule has 0 saturated carbocycles. The molecule has 6 nitrogen and oxygen atoms in total. The monoisotopic (exact) mass is 419 g/mol. The molecule has 0 bridgehead atoms. The third-order valence-electron chi connectivity index (χ3n) is 5.66. The molecular formula is C23H22ClN5O. The summed E-state index contributed by atoms with van der Waals surface area (Å²) < 4.78 is 1.83. The van der Waals surface area contributed by atoms with Gasteiger partial charge in [-0.3, -0.25) is 19.4 Å². The molecule has 0 fully saturated rings. The number of fused-ring (bicyclic) bond motifs is 1. The third-order valence-corrected chi connectivity index (χ3v) is 5.95. The summed E-state index contributed by atoms with van der Waals surface area (Å²) in [5.41, 5.74) is 4.46. The summed E-state index contributed by atoms with van der Waals surface area (Å²) >= 11 is 6.40. The van der Waals surface area contributed by atoms with Crippen molar-refractivity contribution in [2.24, 2.45) is 0 Å². The summed E-state index contributed by atoms with van der Waals surface area (Å²) in [4.78, 5) is 21.7. The Morgan fingerprint density at radius 2 is 2.00 bits per heavy atom. The molecule has 0 aromatic carbocycles. The number of anilines is 1. The number of aromatic nitrogens is 3. The highest BCUT2D eigenvalue weighted by Gasteiger charge is 2.35. The normalized spacial score (nSPS) is 18.7. The van der Waals surface area contributed by atoms with E-state index in [1.807, 2.05) is 47.1 Å². The maximum Gasteiger partial charge on any atom is 0.268 e. The zero-order chi connectivity index (χ0) is 20.7. The fourth-order valence-corrected chi connectivity index (χ4v) is 4.35. The van der Waals surface area contributed by atoms with Crippen LogP contribution in [0.1, 0.15) is 41.6 Å². The Bertz CT molecular complexity index is 1130. The van der Waals surface area contributed by atoms with Gasteiger partial charge in [0.05, 0.1) is 12.2 Å². The van der Waals surface area contributed by atoms with Crippen molar-refractivity contribution in [2.75, 3.05) is 11.9 Å². The summed E-state index contributed by atoms with van der Waals surface area (Å²) in [6.07, 6.45) is 17.0. The second kappa shape index (κ2) is 7.61. The molecular weight excluding hydrogens is 398 g/mol. The van der Waals surface area contributed by atoms with Gasteiger partial charge in [0, 0.05) is 42.1 Å². The van der Waals surface area contributed by atoms with Crippen LogP contribution in [0.5, 0.6) is 0 Å². The van der Waals surface area contributed by atoms with Crippen molar-refractivity contribution in [3.05, 3.63) is 88.3 Å². The zero-order valence-corrected chi connectivity index (χ0v) is 17.5. The summed E-state index contributed by atoms with van der Waals surface area (Å²) in [6.45, 7) is 0.580. The van der Waals surface area contributed by atoms with Crippen LogP contribution in [-0.2, 0) is 6.54 Å². The number of nitrogens with zero attached hydrogens (tertiary/aromatic N) is 5. The Balaban J connectivity index is 1.62. The van der Waals surface area contributed by atoms with Gasteiger partial charge in [-0.15, -0.1) is 0 Å². The van der Waals surface area contributed by atoms with E-state index in [1.54, 1.807) is 17.3 Å². The molecule has 30 heavy (non-hydrogen) atoms. The Labute approximate surface area is 180 Å². The van der Waals surface area contributed by atoms with Crippen molar-refractivity contribution < 1.29 is 4.79 Å². The molecule has 0 unspecified atom stereocenters. The van der Waals surface area contributed by atoms with Gasteiger partial charge >= 0.3 is 0 Å². The van der Waals surface area contributed by atoms with Gasteiger partial charge in [-0.05, 0) is 55.5 Å². The van der Waals surface area contributed by atoms with E-state index in [1.165, 1.54) is 0 Å². The minimum absolute atomic E-state index is 0.0803. The van der Waals surface area contributed by atoms with E-state index in [0.717, 1.165) is 53.4 Å². The van der Waals surface area contributed by atoms with Crippen LogP contribution in [0.4, 0.5) is 5.82 Å². The van der Waals surface area contributed by atoms with Crippen LogP contribution in [0.2, 0.25) is 0 Å². The van der Waals surface area contributed by atoms with Crippen LogP contribution >= 0.6 is 11.6 Å². The average Bonchev–Trinajstić information content (AvgIpc) is 3.16. The molecule has 0 saturated heterocycles. The first-order chi connectivity index (χ1) is 14.6. The van der Waals surface area contributed by atoms with Crippen LogP contribution in [-0.4, -0.2) is 32.6 Å².